The third-order valence-corrected chi connectivity index (χ3v) is 6.52. The first-order valence-electron chi connectivity index (χ1n) is 10.0. The Bertz CT molecular complexity index is 1050. The maximum Gasteiger partial charge on any atom is 0.282 e. The van der Waals surface area contributed by atoms with Crippen LogP contribution in [0.25, 0.3) is 0 Å². The minimum Gasteiger partial charge on any atom is -0.387 e. The summed E-state index contributed by atoms with van der Waals surface area (Å²) in [6, 6.07) is 5.67. The van der Waals surface area contributed by atoms with E-state index in [0.29, 0.717) is 19.3 Å². The number of nitrogens with one attached hydrogen (secondary N) is 1. The summed E-state index contributed by atoms with van der Waals surface area (Å²) in [5, 5.41) is 2.49. The van der Waals surface area contributed by atoms with Crippen molar-refractivity contribution in [1.29, 1.82) is 0 Å². The maximum absolute atomic E-state index is 15.9. The van der Waals surface area contributed by atoms with Crippen LogP contribution in [0, 0.1) is 17.0 Å². The second-order valence-corrected chi connectivity index (χ2v) is 8.39. The Hall–Kier alpha value is -2.97. The van der Waals surface area contributed by atoms with Gasteiger partial charge in [0.2, 0.25) is 0 Å². The number of nitrogens with two attached hydrogens (primary N) is 1. The summed E-state index contributed by atoms with van der Waals surface area (Å²) < 4.78 is 59.7. The van der Waals surface area contributed by atoms with Crippen molar-refractivity contribution in [1.82, 2.24) is 4.98 Å². The summed E-state index contributed by atoms with van der Waals surface area (Å²) in [5.74, 6) is -5.46. The van der Waals surface area contributed by atoms with Gasteiger partial charge in [0.15, 0.2) is 5.54 Å². The van der Waals surface area contributed by atoms with Gasteiger partial charge in [-0.15, -0.1) is 0 Å². The third-order valence-electron chi connectivity index (χ3n) is 6.52. The average Bonchev–Trinajstić information content (AvgIpc) is 2.76. The Morgan fingerprint density at radius 2 is 1.87 bits per heavy atom. The number of benzene rings is 1. The zero-order valence-corrected chi connectivity index (χ0v) is 16.9. The number of aromatic nitrogens is 1. The van der Waals surface area contributed by atoms with Gasteiger partial charge in [-0.2, -0.15) is 0 Å². The molecule has 1 unspecified atom stereocenters. The summed E-state index contributed by atoms with van der Waals surface area (Å²) in [4.78, 5) is 20.2. The number of aliphatic imine (C=N–C) groups is 1. The van der Waals surface area contributed by atoms with E-state index in [1.54, 1.807) is 0 Å². The third kappa shape index (κ3) is 3.36. The first kappa shape index (κ1) is 21.3. The van der Waals surface area contributed by atoms with Gasteiger partial charge in [0.05, 0.1) is 12.0 Å². The highest BCUT2D eigenvalue weighted by atomic mass is 19.3. The van der Waals surface area contributed by atoms with Gasteiger partial charge in [0, 0.05) is 23.1 Å². The van der Waals surface area contributed by atoms with Crippen molar-refractivity contribution in [3.63, 3.8) is 0 Å². The molecule has 0 radical (unpaired) electrons. The fourth-order valence-corrected chi connectivity index (χ4v) is 4.53. The van der Waals surface area contributed by atoms with Crippen LogP contribution in [0.5, 0.6) is 0 Å². The molecule has 1 atom stereocenters. The Balaban J connectivity index is 1.73. The highest BCUT2D eigenvalue weighted by molar-refractivity contribution is 6.02. The molecule has 1 aliphatic carbocycles. The molecule has 1 aromatic heterocycles. The molecule has 9 heteroatoms. The highest BCUT2D eigenvalue weighted by Crippen LogP contribution is 2.63. The summed E-state index contributed by atoms with van der Waals surface area (Å²) >= 11 is 0. The van der Waals surface area contributed by atoms with Crippen LogP contribution in [0.3, 0.4) is 0 Å². The van der Waals surface area contributed by atoms with Crippen molar-refractivity contribution < 1.29 is 22.4 Å². The van der Waals surface area contributed by atoms with Gasteiger partial charge in [0.1, 0.15) is 17.3 Å². The number of halogens is 4. The molecule has 1 spiro atoms. The van der Waals surface area contributed by atoms with Gasteiger partial charge in [-0.3, -0.25) is 9.79 Å². The number of amidine groups is 1. The molecule has 1 aromatic carbocycles. The van der Waals surface area contributed by atoms with E-state index < -0.39 is 34.4 Å². The maximum atomic E-state index is 15.9. The van der Waals surface area contributed by atoms with Crippen molar-refractivity contribution in [2.24, 2.45) is 16.1 Å². The van der Waals surface area contributed by atoms with Crippen LogP contribution in [0.15, 0.2) is 41.5 Å². The van der Waals surface area contributed by atoms with E-state index in [1.165, 1.54) is 19.1 Å². The number of pyridine rings is 1. The van der Waals surface area contributed by atoms with Crippen molar-refractivity contribution in [3.05, 3.63) is 59.4 Å². The summed E-state index contributed by atoms with van der Waals surface area (Å²) in [6.45, 7) is 1.19. The molecule has 0 bridgehead atoms. The van der Waals surface area contributed by atoms with Crippen molar-refractivity contribution in [2.45, 2.75) is 50.5 Å². The molecule has 4 rings (SSSR count). The highest BCUT2D eigenvalue weighted by Gasteiger charge is 2.67. The van der Waals surface area contributed by atoms with E-state index in [0.717, 1.165) is 24.4 Å². The Labute approximate surface area is 176 Å². The number of rotatable bonds is 3. The number of amides is 1. The SMILES string of the molecule is CC1(c2cc(NC(=O)c3ccc(F)cn3)ccc2F)N=C(N)CCC2(CCC2)C1(F)F. The van der Waals surface area contributed by atoms with Gasteiger partial charge in [-0.1, -0.05) is 6.42 Å². The molecular formula is C22H22F4N4O. The normalized spacial score (nSPS) is 24.1. The van der Waals surface area contributed by atoms with Crippen LogP contribution in [0.1, 0.15) is 55.1 Å². The fraction of sp³-hybridized carbons (Fsp3) is 0.409. The lowest BCUT2D eigenvalue weighted by Crippen LogP contribution is -2.56. The fourth-order valence-electron chi connectivity index (χ4n) is 4.53. The molecule has 164 valence electrons. The van der Waals surface area contributed by atoms with Gasteiger partial charge in [-0.25, -0.2) is 22.5 Å². The van der Waals surface area contributed by atoms with Gasteiger partial charge < -0.3 is 11.1 Å². The molecule has 3 N–H and O–H groups in total. The zero-order valence-electron chi connectivity index (χ0n) is 16.9. The standard InChI is InChI=1S/C22H22F4N4O/c1-20(22(25,26)21(8-2-9-21)10-7-18(27)30-20)15-11-14(4-5-16(15)24)29-19(31)17-6-3-13(23)12-28-17/h3-6,11-12H,2,7-10H2,1H3,(H2,27,30)(H,29,31). The molecule has 0 saturated heterocycles. The van der Waals surface area contributed by atoms with Gasteiger partial charge >= 0.3 is 0 Å². The van der Waals surface area contributed by atoms with Crippen LogP contribution in [0.4, 0.5) is 23.2 Å². The van der Waals surface area contributed by atoms with E-state index in [1.807, 2.05) is 0 Å². The van der Waals surface area contributed by atoms with Gasteiger partial charge in [-0.05, 0) is 56.5 Å². The molecule has 1 fully saturated rings. The van der Waals surface area contributed by atoms with E-state index in [-0.39, 0.29) is 35.6 Å². The Morgan fingerprint density at radius 3 is 2.48 bits per heavy atom. The van der Waals surface area contributed by atoms with E-state index >= 15 is 8.78 Å². The molecule has 1 amide bonds. The van der Waals surface area contributed by atoms with Crippen LogP contribution in [-0.4, -0.2) is 22.6 Å². The number of nitrogens with zero attached hydrogens (tertiary/aromatic N) is 2. The first-order chi connectivity index (χ1) is 14.6. The Kier molecular flexibility index (Phi) is 5.02. The first-order valence-corrected chi connectivity index (χ1v) is 10.0. The lowest BCUT2D eigenvalue weighted by molar-refractivity contribution is -0.205. The zero-order chi connectivity index (χ0) is 22.4. The quantitative estimate of drug-likeness (QED) is 0.682. The van der Waals surface area contributed by atoms with E-state index in [9.17, 15) is 13.6 Å². The number of carbonyl (C=O) groups is 1. The van der Waals surface area contributed by atoms with Crippen LogP contribution >= 0.6 is 0 Å². The molecule has 2 aromatic rings. The molecule has 2 heterocycles. The van der Waals surface area contributed by atoms with Crippen molar-refractivity contribution >= 4 is 17.4 Å². The van der Waals surface area contributed by atoms with E-state index in [4.69, 9.17) is 5.73 Å². The molecule has 1 saturated carbocycles. The summed E-state index contributed by atoms with van der Waals surface area (Å²) in [7, 11) is 0. The van der Waals surface area contributed by atoms with Crippen LogP contribution in [-0.2, 0) is 5.54 Å². The van der Waals surface area contributed by atoms with Crippen LogP contribution < -0.4 is 11.1 Å². The largest absolute Gasteiger partial charge is 0.387 e. The smallest absolute Gasteiger partial charge is 0.282 e. The minimum absolute atomic E-state index is 0.0512. The number of anilines is 1. The predicted molar refractivity (Wildman–Crippen MR) is 108 cm³/mol. The molecule has 1 aliphatic heterocycles. The molecular weight excluding hydrogens is 412 g/mol. The molecule has 2 aliphatic rings. The number of hydrogen-bond donors (Lipinski definition) is 2. The summed E-state index contributed by atoms with van der Waals surface area (Å²) in [5.41, 5.74) is 2.06. The summed E-state index contributed by atoms with van der Waals surface area (Å²) in [6.07, 6.45) is 2.63. The lowest BCUT2D eigenvalue weighted by Gasteiger charge is -2.51. The average molecular weight is 434 g/mol. The van der Waals surface area contributed by atoms with Crippen molar-refractivity contribution in [3.8, 4) is 0 Å². The van der Waals surface area contributed by atoms with Crippen molar-refractivity contribution in [2.75, 3.05) is 5.32 Å². The molecule has 31 heavy (non-hydrogen) atoms. The number of alkyl halides is 2. The minimum atomic E-state index is -3.35. The van der Waals surface area contributed by atoms with E-state index in [2.05, 4.69) is 15.3 Å². The topological polar surface area (TPSA) is 80.4 Å². The second-order valence-electron chi connectivity index (χ2n) is 8.39. The lowest BCUT2D eigenvalue weighted by atomic mass is 9.57. The van der Waals surface area contributed by atoms with Crippen LogP contribution in [0.2, 0.25) is 0 Å². The number of carbonyl (C=O) groups excluding carboxylic acids is 1. The number of hydrogen-bond acceptors (Lipinski definition) is 4. The second kappa shape index (κ2) is 7.32. The molecule has 5 nitrogen and oxygen atoms in total. The Morgan fingerprint density at radius 1 is 1.13 bits per heavy atom. The predicted octanol–water partition coefficient (Wildman–Crippen LogP) is 4.78. The monoisotopic (exact) mass is 434 g/mol. The van der Waals surface area contributed by atoms with Gasteiger partial charge in [0.25, 0.3) is 11.8 Å².